The monoisotopic (exact) mass is 460 g/mol. The fourth-order valence-electron chi connectivity index (χ4n) is 4.80. The van der Waals surface area contributed by atoms with Crippen molar-refractivity contribution in [2.75, 3.05) is 31.6 Å². The van der Waals surface area contributed by atoms with Crippen molar-refractivity contribution < 1.29 is 18.8 Å². The minimum absolute atomic E-state index is 0.0196. The van der Waals surface area contributed by atoms with Crippen molar-refractivity contribution >= 4 is 17.5 Å². The molecule has 2 aliphatic heterocycles. The molecule has 8 heteroatoms. The highest BCUT2D eigenvalue weighted by atomic mass is 16.5. The Hall–Kier alpha value is -3.68. The zero-order valence-electron chi connectivity index (χ0n) is 19.4. The van der Waals surface area contributed by atoms with E-state index in [2.05, 4.69) is 10.1 Å². The molecule has 0 aliphatic carbocycles. The molecule has 3 aromatic rings. The molecule has 2 saturated heterocycles. The van der Waals surface area contributed by atoms with Crippen LogP contribution < -0.4 is 9.64 Å². The van der Waals surface area contributed by atoms with E-state index < -0.39 is 0 Å². The van der Waals surface area contributed by atoms with Gasteiger partial charge in [-0.3, -0.25) is 9.59 Å². The molecule has 1 aromatic heterocycles. The highest BCUT2D eigenvalue weighted by Crippen LogP contribution is 2.31. The highest BCUT2D eigenvalue weighted by Gasteiger charge is 2.38. The molecule has 0 N–H and O–H groups in total. The number of piperidine rings is 1. The first-order valence-corrected chi connectivity index (χ1v) is 11.7. The smallest absolute Gasteiger partial charge is 0.257 e. The highest BCUT2D eigenvalue weighted by molar-refractivity contribution is 6.00. The third-order valence-electron chi connectivity index (χ3n) is 6.74. The summed E-state index contributed by atoms with van der Waals surface area (Å²) in [4.78, 5) is 34.0. The molecule has 0 spiro atoms. The molecule has 2 aliphatic rings. The topological polar surface area (TPSA) is 88.8 Å². The van der Waals surface area contributed by atoms with Crippen LogP contribution in [0, 0.1) is 12.8 Å². The summed E-state index contributed by atoms with van der Waals surface area (Å²) in [5.74, 6) is 1.84. The predicted molar refractivity (Wildman–Crippen MR) is 126 cm³/mol. The van der Waals surface area contributed by atoms with E-state index in [9.17, 15) is 9.59 Å². The number of hydrogen-bond donors (Lipinski definition) is 0. The Morgan fingerprint density at radius 3 is 2.59 bits per heavy atom. The van der Waals surface area contributed by atoms with Gasteiger partial charge in [-0.05, 0) is 56.2 Å². The maximum absolute atomic E-state index is 13.2. The molecule has 0 unspecified atom stereocenters. The first-order chi connectivity index (χ1) is 16.5. The van der Waals surface area contributed by atoms with Crippen molar-refractivity contribution in [1.29, 1.82) is 0 Å². The van der Waals surface area contributed by atoms with Gasteiger partial charge in [-0.15, -0.1) is 0 Å². The second kappa shape index (κ2) is 9.29. The lowest BCUT2D eigenvalue weighted by Gasteiger charge is -2.32. The van der Waals surface area contributed by atoms with Crippen LogP contribution in [0.2, 0.25) is 0 Å². The van der Waals surface area contributed by atoms with Gasteiger partial charge in [-0.2, -0.15) is 4.98 Å². The number of likely N-dealkylation sites (tertiary alicyclic amines) is 1. The van der Waals surface area contributed by atoms with Crippen LogP contribution in [0.5, 0.6) is 5.75 Å². The van der Waals surface area contributed by atoms with E-state index in [0.717, 1.165) is 35.4 Å². The number of ether oxygens (including phenoxy) is 1. The number of aromatic nitrogens is 2. The molecule has 8 nitrogen and oxygen atoms in total. The van der Waals surface area contributed by atoms with Crippen molar-refractivity contribution in [3.8, 4) is 17.2 Å². The quantitative estimate of drug-likeness (QED) is 0.575. The average Bonchev–Trinajstić information content (AvgIpc) is 3.51. The van der Waals surface area contributed by atoms with Crippen LogP contribution in [0.3, 0.4) is 0 Å². The van der Waals surface area contributed by atoms with Gasteiger partial charge in [0.1, 0.15) is 5.75 Å². The Morgan fingerprint density at radius 1 is 1.12 bits per heavy atom. The summed E-state index contributed by atoms with van der Waals surface area (Å²) in [7, 11) is 1.61. The van der Waals surface area contributed by atoms with Gasteiger partial charge in [0.15, 0.2) is 5.82 Å². The van der Waals surface area contributed by atoms with Gasteiger partial charge in [-0.1, -0.05) is 22.9 Å². The average molecular weight is 461 g/mol. The molecule has 0 saturated carbocycles. The zero-order valence-corrected chi connectivity index (χ0v) is 19.4. The van der Waals surface area contributed by atoms with Crippen LogP contribution in [0.4, 0.5) is 5.69 Å². The number of aryl methyl sites for hydroxylation is 1. The summed E-state index contributed by atoms with van der Waals surface area (Å²) in [6, 6.07) is 15.3. The van der Waals surface area contributed by atoms with E-state index in [4.69, 9.17) is 9.26 Å². The molecular weight excluding hydrogens is 432 g/mol. The van der Waals surface area contributed by atoms with Crippen LogP contribution in [0.25, 0.3) is 11.5 Å². The first kappa shape index (κ1) is 22.1. The summed E-state index contributed by atoms with van der Waals surface area (Å²) < 4.78 is 10.7. The number of carbonyl (C=O) groups is 2. The van der Waals surface area contributed by atoms with Gasteiger partial charge in [0, 0.05) is 43.2 Å². The lowest BCUT2D eigenvalue weighted by Crippen LogP contribution is -2.42. The van der Waals surface area contributed by atoms with Gasteiger partial charge in [0.05, 0.1) is 13.0 Å². The van der Waals surface area contributed by atoms with Crippen molar-refractivity contribution in [1.82, 2.24) is 15.0 Å². The van der Waals surface area contributed by atoms with Gasteiger partial charge in [0.25, 0.3) is 5.89 Å². The number of rotatable bonds is 5. The van der Waals surface area contributed by atoms with E-state index in [1.165, 1.54) is 0 Å². The molecule has 1 atom stereocenters. The lowest BCUT2D eigenvalue weighted by molar-refractivity contribution is -0.136. The number of nitrogens with zero attached hydrogens (tertiary/aromatic N) is 4. The van der Waals surface area contributed by atoms with E-state index in [1.54, 1.807) is 12.0 Å². The van der Waals surface area contributed by atoms with Crippen LogP contribution in [-0.2, 0) is 9.59 Å². The molecule has 0 radical (unpaired) electrons. The second-order valence-corrected chi connectivity index (χ2v) is 9.03. The standard InChI is InChI=1S/C26H28N4O4/c1-17-4-3-5-19(14-17)25-27-24(28-34-25)18-10-12-29(13-11-18)26(32)20-15-23(31)30(16-20)21-6-8-22(33-2)9-7-21/h3-9,14,18,20H,10-13,15-16H2,1-2H3/t20-/m1/s1. The predicted octanol–water partition coefficient (Wildman–Crippen LogP) is 3.81. The SMILES string of the molecule is COc1ccc(N2C[C@H](C(=O)N3CCC(c4noc(-c5cccc(C)c5)n4)CC3)CC2=O)cc1. The van der Waals surface area contributed by atoms with Crippen LogP contribution in [-0.4, -0.2) is 53.6 Å². The Balaban J connectivity index is 1.18. The van der Waals surface area contributed by atoms with Crippen LogP contribution >= 0.6 is 0 Å². The minimum atomic E-state index is -0.316. The number of hydrogen-bond acceptors (Lipinski definition) is 6. The number of amides is 2. The molecule has 2 amide bonds. The first-order valence-electron chi connectivity index (χ1n) is 11.7. The maximum atomic E-state index is 13.2. The number of anilines is 1. The molecule has 176 valence electrons. The Morgan fingerprint density at radius 2 is 1.88 bits per heavy atom. The normalized spacial score (nSPS) is 19.0. The van der Waals surface area contributed by atoms with E-state index in [0.29, 0.717) is 31.3 Å². The number of carbonyl (C=O) groups excluding carboxylic acids is 2. The number of benzene rings is 2. The third-order valence-corrected chi connectivity index (χ3v) is 6.74. The lowest BCUT2D eigenvalue weighted by atomic mass is 9.95. The van der Waals surface area contributed by atoms with Gasteiger partial charge >= 0.3 is 0 Å². The van der Waals surface area contributed by atoms with E-state index in [-0.39, 0.29) is 30.1 Å². The maximum Gasteiger partial charge on any atom is 0.257 e. The van der Waals surface area contributed by atoms with E-state index in [1.807, 2.05) is 60.4 Å². The van der Waals surface area contributed by atoms with Gasteiger partial charge in [-0.25, -0.2) is 0 Å². The van der Waals surface area contributed by atoms with Crippen LogP contribution in [0.15, 0.2) is 53.1 Å². The van der Waals surface area contributed by atoms with Gasteiger partial charge in [0.2, 0.25) is 11.8 Å². The number of methoxy groups -OCH3 is 1. The fraction of sp³-hybridized carbons (Fsp3) is 0.385. The summed E-state index contributed by atoms with van der Waals surface area (Å²) in [5, 5.41) is 4.21. The largest absolute Gasteiger partial charge is 0.497 e. The molecule has 2 fully saturated rings. The summed E-state index contributed by atoms with van der Waals surface area (Å²) in [6.45, 7) is 3.70. The van der Waals surface area contributed by atoms with E-state index >= 15 is 0 Å². The molecular formula is C26H28N4O4. The molecule has 34 heavy (non-hydrogen) atoms. The fourth-order valence-corrected chi connectivity index (χ4v) is 4.80. The molecule has 2 aromatic carbocycles. The molecule has 3 heterocycles. The zero-order chi connectivity index (χ0) is 23.7. The molecule has 0 bridgehead atoms. The second-order valence-electron chi connectivity index (χ2n) is 9.03. The van der Waals surface area contributed by atoms with Crippen molar-refractivity contribution in [2.45, 2.75) is 32.1 Å². The minimum Gasteiger partial charge on any atom is -0.497 e. The summed E-state index contributed by atoms with van der Waals surface area (Å²) >= 11 is 0. The van der Waals surface area contributed by atoms with Crippen molar-refractivity contribution in [2.24, 2.45) is 5.92 Å². The summed E-state index contributed by atoms with van der Waals surface area (Å²) in [5.41, 5.74) is 2.85. The summed E-state index contributed by atoms with van der Waals surface area (Å²) in [6.07, 6.45) is 1.80. The van der Waals surface area contributed by atoms with Crippen molar-refractivity contribution in [3.63, 3.8) is 0 Å². The molecule has 5 rings (SSSR count). The van der Waals surface area contributed by atoms with Crippen molar-refractivity contribution in [3.05, 3.63) is 59.9 Å². The van der Waals surface area contributed by atoms with Gasteiger partial charge < -0.3 is 19.1 Å². The Kier molecular flexibility index (Phi) is 6.04. The third kappa shape index (κ3) is 4.40. The van der Waals surface area contributed by atoms with Crippen LogP contribution in [0.1, 0.15) is 36.6 Å². The Labute approximate surface area is 198 Å². The Bertz CT molecular complexity index is 1180.